The summed E-state index contributed by atoms with van der Waals surface area (Å²) in [6.07, 6.45) is 2.00. The first-order chi connectivity index (χ1) is 13.2. The molecule has 3 N–H and O–H groups in total. The third-order valence-electron chi connectivity index (χ3n) is 4.17. The van der Waals surface area contributed by atoms with Crippen LogP contribution < -0.4 is 16.0 Å². The summed E-state index contributed by atoms with van der Waals surface area (Å²) in [7, 11) is 1.72. The van der Waals surface area contributed by atoms with Crippen LogP contribution in [0.3, 0.4) is 0 Å². The number of ether oxygens (including phenoxy) is 2. The summed E-state index contributed by atoms with van der Waals surface area (Å²) in [4.78, 5) is 16.2. The quantitative estimate of drug-likeness (QED) is 0.318. The number of halogens is 1. The van der Waals surface area contributed by atoms with E-state index in [-0.39, 0.29) is 5.91 Å². The normalized spacial score (nSPS) is 17.0. The molecule has 0 aromatic heterocycles. The van der Waals surface area contributed by atoms with E-state index in [2.05, 4.69) is 20.9 Å². The van der Waals surface area contributed by atoms with Crippen molar-refractivity contribution in [1.29, 1.82) is 0 Å². The first kappa shape index (κ1) is 21.5. The van der Waals surface area contributed by atoms with E-state index in [1.165, 1.54) is 0 Å². The van der Waals surface area contributed by atoms with Gasteiger partial charge in [0.1, 0.15) is 0 Å². The molecule has 1 atom stereocenters. The highest BCUT2D eigenvalue weighted by molar-refractivity contribution is 6.30. The molecule has 2 rings (SSSR count). The number of nitrogens with zero attached hydrogens (tertiary/aromatic N) is 1. The molecule has 150 valence electrons. The second-order valence-electron chi connectivity index (χ2n) is 6.35. The van der Waals surface area contributed by atoms with Crippen LogP contribution in [0, 0.1) is 5.92 Å². The molecule has 8 heteroatoms. The Labute approximate surface area is 165 Å². The molecule has 0 aliphatic carbocycles. The number of rotatable bonds is 10. The van der Waals surface area contributed by atoms with Crippen LogP contribution in [0.15, 0.2) is 29.3 Å². The molecule has 0 bridgehead atoms. The van der Waals surface area contributed by atoms with Crippen LogP contribution >= 0.6 is 11.6 Å². The van der Waals surface area contributed by atoms with E-state index in [0.29, 0.717) is 35.6 Å². The number of nitrogens with one attached hydrogen (secondary N) is 3. The highest BCUT2D eigenvalue weighted by Crippen LogP contribution is 2.12. The topological polar surface area (TPSA) is 84.0 Å². The zero-order valence-electron chi connectivity index (χ0n) is 15.8. The van der Waals surface area contributed by atoms with Gasteiger partial charge in [0.05, 0.1) is 13.2 Å². The SMILES string of the molecule is CN=C(NCCCOCC1CCOC1)NCCNC(=O)c1ccc(Cl)cc1. The summed E-state index contributed by atoms with van der Waals surface area (Å²) in [5.74, 6) is 1.14. The molecule has 0 saturated carbocycles. The van der Waals surface area contributed by atoms with Gasteiger partial charge in [-0.25, -0.2) is 0 Å². The lowest BCUT2D eigenvalue weighted by molar-refractivity contribution is 0.0887. The van der Waals surface area contributed by atoms with Gasteiger partial charge in [0.2, 0.25) is 0 Å². The molecule has 0 spiro atoms. The van der Waals surface area contributed by atoms with E-state index < -0.39 is 0 Å². The van der Waals surface area contributed by atoms with E-state index in [1.54, 1.807) is 31.3 Å². The number of guanidine groups is 1. The lowest BCUT2D eigenvalue weighted by Crippen LogP contribution is -2.42. The number of hydrogen-bond acceptors (Lipinski definition) is 4. The van der Waals surface area contributed by atoms with Crippen molar-refractivity contribution < 1.29 is 14.3 Å². The average Bonchev–Trinajstić information content (AvgIpc) is 3.20. The predicted octanol–water partition coefficient (Wildman–Crippen LogP) is 1.68. The van der Waals surface area contributed by atoms with Crippen molar-refractivity contribution in [3.8, 4) is 0 Å². The van der Waals surface area contributed by atoms with E-state index in [4.69, 9.17) is 21.1 Å². The third kappa shape index (κ3) is 8.60. The Hall–Kier alpha value is -1.83. The van der Waals surface area contributed by atoms with Gasteiger partial charge >= 0.3 is 0 Å². The van der Waals surface area contributed by atoms with Gasteiger partial charge in [-0.05, 0) is 37.1 Å². The first-order valence-corrected chi connectivity index (χ1v) is 9.70. The highest BCUT2D eigenvalue weighted by atomic mass is 35.5. The summed E-state index contributed by atoms with van der Waals surface area (Å²) in [6.45, 7) is 5.03. The van der Waals surface area contributed by atoms with Crippen molar-refractivity contribution in [3.63, 3.8) is 0 Å². The standard InChI is InChI=1S/C19H29ClN4O3/c1-21-19(23-8-2-11-26-13-15-7-12-27-14-15)24-10-9-22-18(25)16-3-5-17(20)6-4-16/h3-6,15H,2,7-14H2,1H3,(H,22,25)(H2,21,23,24). The Kier molecular flexibility index (Phi) is 9.97. The molecule has 1 aromatic carbocycles. The van der Waals surface area contributed by atoms with Crippen molar-refractivity contribution in [2.24, 2.45) is 10.9 Å². The molecule has 27 heavy (non-hydrogen) atoms. The van der Waals surface area contributed by atoms with Crippen LogP contribution in [0.4, 0.5) is 0 Å². The maximum Gasteiger partial charge on any atom is 0.251 e. The third-order valence-corrected chi connectivity index (χ3v) is 4.42. The molecule has 1 fully saturated rings. The van der Waals surface area contributed by atoms with Crippen molar-refractivity contribution in [2.75, 3.05) is 53.1 Å². The van der Waals surface area contributed by atoms with E-state index >= 15 is 0 Å². The van der Waals surface area contributed by atoms with Gasteiger partial charge in [-0.2, -0.15) is 0 Å². The van der Waals surface area contributed by atoms with Crippen LogP contribution in [-0.2, 0) is 9.47 Å². The molecule has 1 amide bonds. The molecule has 1 saturated heterocycles. The van der Waals surface area contributed by atoms with Crippen molar-refractivity contribution in [1.82, 2.24) is 16.0 Å². The lowest BCUT2D eigenvalue weighted by Gasteiger charge is -2.13. The smallest absolute Gasteiger partial charge is 0.251 e. The van der Waals surface area contributed by atoms with Crippen LogP contribution in [0.25, 0.3) is 0 Å². The van der Waals surface area contributed by atoms with Crippen LogP contribution in [0.2, 0.25) is 5.02 Å². The largest absolute Gasteiger partial charge is 0.381 e. The van der Waals surface area contributed by atoms with Gasteiger partial charge < -0.3 is 25.4 Å². The molecule has 0 radical (unpaired) electrons. The minimum Gasteiger partial charge on any atom is -0.381 e. The predicted molar refractivity (Wildman–Crippen MR) is 108 cm³/mol. The maximum atomic E-state index is 12.0. The van der Waals surface area contributed by atoms with Crippen LogP contribution in [0.1, 0.15) is 23.2 Å². The van der Waals surface area contributed by atoms with Crippen LogP contribution in [0.5, 0.6) is 0 Å². The number of carbonyl (C=O) groups excluding carboxylic acids is 1. The fourth-order valence-electron chi connectivity index (χ4n) is 2.63. The minimum atomic E-state index is -0.124. The number of carbonyl (C=O) groups is 1. The molecule has 7 nitrogen and oxygen atoms in total. The molecule has 1 aliphatic heterocycles. The van der Waals surface area contributed by atoms with Crippen molar-refractivity contribution >= 4 is 23.5 Å². The Morgan fingerprint density at radius 1 is 1.22 bits per heavy atom. The molecule has 1 unspecified atom stereocenters. The van der Waals surface area contributed by atoms with Crippen LogP contribution in [-0.4, -0.2) is 65.0 Å². The molecule has 1 heterocycles. The van der Waals surface area contributed by atoms with E-state index in [0.717, 1.165) is 45.8 Å². The summed E-state index contributed by atoms with van der Waals surface area (Å²) in [5, 5.41) is 9.86. The Morgan fingerprint density at radius 3 is 2.67 bits per heavy atom. The highest BCUT2D eigenvalue weighted by Gasteiger charge is 2.15. The number of amides is 1. The number of hydrogen-bond donors (Lipinski definition) is 3. The van der Waals surface area contributed by atoms with Crippen molar-refractivity contribution in [3.05, 3.63) is 34.9 Å². The van der Waals surface area contributed by atoms with Crippen molar-refractivity contribution in [2.45, 2.75) is 12.8 Å². The zero-order chi connectivity index (χ0) is 19.3. The Balaban J connectivity index is 1.49. The van der Waals surface area contributed by atoms with Gasteiger partial charge in [-0.1, -0.05) is 11.6 Å². The van der Waals surface area contributed by atoms with E-state index in [9.17, 15) is 4.79 Å². The Morgan fingerprint density at radius 2 is 1.96 bits per heavy atom. The second kappa shape index (κ2) is 12.5. The molecule has 1 aromatic rings. The van der Waals surface area contributed by atoms with Gasteiger partial charge in [0, 0.05) is 56.4 Å². The van der Waals surface area contributed by atoms with E-state index in [1.807, 2.05) is 0 Å². The Bertz CT molecular complexity index is 589. The zero-order valence-corrected chi connectivity index (χ0v) is 16.6. The molecular formula is C19H29ClN4O3. The summed E-state index contributed by atoms with van der Waals surface area (Å²) < 4.78 is 11.0. The lowest BCUT2D eigenvalue weighted by atomic mass is 10.1. The monoisotopic (exact) mass is 396 g/mol. The second-order valence-corrected chi connectivity index (χ2v) is 6.78. The number of benzene rings is 1. The van der Waals surface area contributed by atoms with Gasteiger partial charge in [-0.3, -0.25) is 9.79 Å². The van der Waals surface area contributed by atoms with Gasteiger partial charge in [-0.15, -0.1) is 0 Å². The molecule has 1 aliphatic rings. The first-order valence-electron chi connectivity index (χ1n) is 9.33. The summed E-state index contributed by atoms with van der Waals surface area (Å²) >= 11 is 5.82. The molecular weight excluding hydrogens is 368 g/mol. The minimum absolute atomic E-state index is 0.124. The summed E-state index contributed by atoms with van der Waals surface area (Å²) in [6, 6.07) is 6.80. The van der Waals surface area contributed by atoms with Gasteiger partial charge in [0.25, 0.3) is 5.91 Å². The van der Waals surface area contributed by atoms with Gasteiger partial charge in [0.15, 0.2) is 5.96 Å². The fourth-order valence-corrected chi connectivity index (χ4v) is 2.75. The average molecular weight is 397 g/mol. The number of aliphatic imine (C=N–C) groups is 1. The maximum absolute atomic E-state index is 12.0. The summed E-state index contributed by atoms with van der Waals surface area (Å²) in [5.41, 5.74) is 0.589. The fraction of sp³-hybridized carbons (Fsp3) is 0.579.